The lowest BCUT2D eigenvalue weighted by Crippen LogP contribution is -2.48. The van der Waals surface area contributed by atoms with Crippen LogP contribution in [0.5, 0.6) is 0 Å². The molecule has 8 heteroatoms. The molecule has 160 valence electrons. The van der Waals surface area contributed by atoms with Gasteiger partial charge in [0.1, 0.15) is 0 Å². The first kappa shape index (κ1) is 19.8. The van der Waals surface area contributed by atoms with E-state index in [1.165, 1.54) is 0 Å². The molecule has 1 fully saturated rings. The zero-order chi connectivity index (χ0) is 22.9. The van der Waals surface area contributed by atoms with Crippen molar-refractivity contribution < 1.29 is 17.6 Å². The van der Waals surface area contributed by atoms with E-state index in [-0.39, 0.29) is 19.3 Å². The van der Waals surface area contributed by atoms with Crippen molar-refractivity contribution in [1.29, 1.82) is 0 Å². The van der Waals surface area contributed by atoms with Gasteiger partial charge in [-0.1, -0.05) is 37.3 Å². The van der Waals surface area contributed by atoms with Crippen LogP contribution in [0.3, 0.4) is 0 Å². The monoisotopic (exact) mass is 423 g/mol. The van der Waals surface area contributed by atoms with E-state index in [4.69, 9.17) is 2.97 Å². The van der Waals surface area contributed by atoms with Crippen molar-refractivity contribution in [2.75, 3.05) is 31.2 Å². The Morgan fingerprint density at radius 1 is 1.24 bits per heavy atom. The maximum atomic E-state index is 12.6. The third-order valence-corrected chi connectivity index (χ3v) is 7.31. The second-order valence-corrected chi connectivity index (χ2v) is 9.37. The number of anilines is 1. The predicted octanol–water partition coefficient (Wildman–Crippen LogP) is 3.91. The summed E-state index contributed by atoms with van der Waals surface area (Å²) in [5.74, 6) is 0.181. The summed E-state index contributed by atoms with van der Waals surface area (Å²) in [5.41, 5.74) is 2.49. The van der Waals surface area contributed by atoms with Crippen LogP contribution in [-0.4, -0.2) is 60.6 Å². The molecule has 0 atom stereocenters. The molecule has 0 spiro atoms. The van der Waals surface area contributed by atoms with Crippen LogP contribution < -0.4 is 5.32 Å². The molecule has 2 aromatic rings. The number of pyridine rings is 1. The fourth-order valence-electron chi connectivity index (χ4n) is 3.52. The third-order valence-electron chi connectivity index (χ3n) is 5.23. The highest BCUT2D eigenvalue weighted by Gasteiger charge is 2.30. The van der Waals surface area contributed by atoms with Gasteiger partial charge in [0.25, 0.3) is 0 Å². The van der Waals surface area contributed by atoms with Gasteiger partial charge in [-0.25, -0.2) is 17.5 Å². The molecule has 0 unspecified atom stereocenters. The van der Waals surface area contributed by atoms with Gasteiger partial charge < -0.3 is 10.2 Å². The SMILES string of the molecule is CCCS(=O)(=O)N1CCC(N(C)C(=O)Nc2ccc(-c3ccccc3)nc2)CC1.[2HH].[2H][2H]. The van der Waals surface area contributed by atoms with Crippen LogP contribution in [0.2, 0.25) is 0 Å². The Morgan fingerprint density at radius 2 is 1.93 bits per heavy atom. The van der Waals surface area contributed by atoms with E-state index in [2.05, 4.69) is 10.3 Å². The Bertz CT molecular complexity index is 923. The van der Waals surface area contributed by atoms with Crippen LogP contribution in [0, 0.1) is 0 Å². The fourth-order valence-corrected chi connectivity index (χ4v) is 5.06. The lowest BCUT2D eigenvalue weighted by Gasteiger charge is -2.36. The Morgan fingerprint density at radius 3 is 2.52 bits per heavy atom. The number of hydrogen-bond donors (Lipinski definition) is 1. The van der Waals surface area contributed by atoms with Crippen LogP contribution in [-0.2, 0) is 10.0 Å². The first-order chi connectivity index (χ1) is 14.9. The second-order valence-electron chi connectivity index (χ2n) is 7.29. The number of carbonyl (C=O) groups excluding carboxylic acids is 1. The molecular weight excluding hydrogens is 388 g/mol. The second kappa shape index (κ2) is 9.37. The number of piperidine rings is 1. The molecule has 1 aromatic carbocycles. The Balaban J connectivity index is 0.00000166. The molecule has 1 saturated heterocycles. The van der Waals surface area contributed by atoms with Gasteiger partial charge in [-0.15, -0.1) is 0 Å². The van der Waals surface area contributed by atoms with E-state index in [9.17, 15) is 13.2 Å². The average molecular weight is 424 g/mol. The molecular formula is C21H32N4O3S. The van der Waals surface area contributed by atoms with Crippen LogP contribution in [0.1, 0.15) is 30.6 Å². The number of rotatable bonds is 6. The van der Waals surface area contributed by atoms with Crippen LogP contribution in [0.4, 0.5) is 10.5 Å². The molecule has 2 amide bonds. The third kappa shape index (κ3) is 5.33. The summed E-state index contributed by atoms with van der Waals surface area (Å²) in [6, 6.07) is 13.4. The number of hydrogen-bond acceptors (Lipinski definition) is 4. The summed E-state index contributed by atoms with van der Waals surface area (Å²) < 4.78 is 35.9. The van der Waals surface area contributed by atoms with Crippen molar-refractivity contribution in [1.82, 2.24) is 14.2 Å². The van der Waals surface area contributed by atoms with Gasteiger partial charge in [0, 0.05) is 36.1 Å². The van der Waals surface area contributed by atoms with Gasteiger partial charge in [-0.05, 0) is 31.4 Å². The number of aromatic nitrogens is 1. The zero-order valence-corrected chi connectivity index (χ0v) is 17.7. The van der Waals surface area contributed by atoms with E-state index < -0.39 is 10.0 Å². The van der Waals surface area contributed by atoms with Gasteiger partial charge in [-0.3, -0.25) is 4.98 Å². The predicted molar refractivity (Wildman–Crippen MR) is 119 cm³/mol. The van der Waals surface area contributed by atoms with Gasteiger partial charge in [-0.2, -0.15) is 0 Å². The highest BCUT2D eigenvalue weighted by Crippen LogP contribution is 2.21. The standard InChI is InChI=1S/C21H28N4O3S.2H2/c1-3-15-29(27,28)25-13-11-19(12-14-25)24(2)21(26)23-18-9-10-20(22-16-18)17-7-5-4-6-8-17;;/h4-10,16,19H,3,11-15H2,1-2H3,(H,23,26);2*1H/i;1+1D;1+1. The molecule has 0 bridgehead atoms. The van der Waals surface area contributed by atoms with Crippen molar-refractivity contribution in [2.24, 2.45) is 0 Å². The minimum Gasteiger partial charge on any atom is -0.325 e. The van der Waals surface area contributed by atoms with Gasteiger partial charge in [0.05, 0.1) is 23.3 Å². The molecule has 7 nitrogen and oxygen atoms in total. The maximum Gasteiger partial charge on any atom is 0.321 e. The number of urea groups is 1. The van der Waals surface area contributed by atoms with Crippen molar-refractivity contribution in [3.63, 3.8) is 0 Å². The average Bonchev–Trinajstić information content (AvgIpc) is 2.81. The van der Waals surface area contributed by atoms with Crippen molar-refractivity contribution >= 4 is 21.7 Å². The Labute approximate surface area is 177 Å². The van der Waals surface area contributed by atoms with E-state index in [1.54, 1.807) is 22.4 Å². The first-order valence-electron chi connectivity index (χ1n) is 10.9. The largest absolute Gasteiger partial charge is 0.325 e. The zero-order valence-electron chi connectivity index (χ0n) is 18.9. The van der Waals surface area contributed by atoms with E-state index in [1.807, 2.05) is 49.4 Å². The number of carbonyl (C=O) groups is 1. The summed E-state index contributed by atoms with van der Waals surface area (Å²) in [7, 11) is -1.42. The lowest BCUT2D eigenvalue weighted by molar-refractivity contribution is 0.174. The highest BCUT2D eigenvalue weighted by atomic mass is 32.2. The fraction of sp³-hybridized carbons (Fsp3) is 0.429. The van der Waals surface area contributed by atoms with Crippen LogP contribution >= 0.6 is 0 Å². The van der Waals surface area contributed by atoms with E-state index >= 15 is 0 Å². The number of amides is 2. The molecule has 1 N–H and O–H groups in total. The molecule has 0 radical (unpaired) electrons. The molecule has 0 saturated carbocycles. The number of nitrogens with one attached hydrogen (secondary N) is 1. The molecule has 2 heterocycles. The number of benzene rings is 1. The molecule has 0 aliphatic carbocycles. The summed E-state index contributed by atoms with van der Waals surface area (Å²) in [4.78, 5) is 18.7. The lowest BCUT2D eigenvalue weighted by atomic mass is 10.1. The number of nitrogens with zero attached hydrogens (tertiary/aromatic N) is 3. The summed E-state index contributed by atoms with van der Waals surface area (Å²) >= 11 is 0. The Hall–Kier alpha value is -2.45. The minimum atomic E-state index is -3.17. The van der Waals surface area contributed by atoms with Crippen molar-refractivity contribution in [2.45, 2.75) is 32.2 Å². The first-order valence-corrected chi connectivity index (χ1v) is 11.5. The van der Waals surface area contributed by atoms with Crippen LogP contribution in [0.25, 0.3) is 11.3 Å². The normalized spacial score (nSPS) is 16.1. The summed E-state index contributed by atoms with van der Waals surface area (Å²) in [6.45, 7) is 2.78. The summed E-state index contributed by atoms with van der Waals surface area (Å²) in [5, 5.41) is 2.87. The van der Waals surface area contributed by atoms with E-state index in [0.29, 0.717) is 38.0 Å². The topological polar surface area (TPSA) is 82.6 Å². The van der Waals surface area contributed by atoms with E-state index in [0.717, 1.165) is 11.3 Å². The number of sulfonamides is 1. The van der Waals surface area contributed by atoms with Crippen molar-refractivity contribution in [3.05, 3.63) is 48.7 Å². The highest BCUT2D eigenvalue weighted by molar-refractivity contribution is 7.89. The van der Waals surface area contributed by atoms with Gasteiger partial charge >= 0.3 is 6.03 Å². The Kier molecular flexibility index (Phi) is 6.41. The molecule has 1 aromatic heterocycles. The molecule has 1 aliphatic heterocycles. The molecule has 1 aliphatic rings. The molecule has 3 rings (SSSR count). The summed E-state index contributed by atoms with van der Waals surface area (Å²) in [6.07, 6.45) is 3.53. The smallest absolute Gasteiger partial charge is 0.321 e. The van der Waals surface area contributed by atoms with Gasteiger partial charge in [0.15, 0.2) is 0 Å². The molecule has 29 heavy (non-hydrogen) atoms. The van der Waals surface area contributed by atoms with Crippen LogP contribution in [0.15, 0.2) is 48.7 Å². The minimum absolute atomic E-state index is 0. The maximum absolute atomic E-state index is 12.6. The quantitative estimate of drug-likeness (QED) is 0.764. The van der Waals surface area contributed by atoms with Crippen molar-refractivity contribution in [3.8, 4) is 11.3 Å². The van der Waals surface area contributed by atoms with Gasteiger partial charge in [0.2, 0.25) is 10.0 Å².